The fourth-order valence-electron chi connectivity index (χ4n) is 3.32. The summed E-state index contributed by atoms with van der Waals surface area (Å²) >= 11 is 0. The predicted molar refractivity (Wildman–Crippen MR) is 75.0 cm³/mol. The van der Waals surface area contributed by atoms with Crippen LogP contribution in [0.25, 0.3) is 0 Å². The molecule has 2 aliphatic rings. The maximum Gasteiger partial charge on any atom is 0.0843 e. The summed E-state index contributed by atoms with van der Waals surface area (Å²) in [5.41, 5.74) is 9.08. The Morgan fingerprint density at radius 2 is 2.11 bits per heavy atom. The number of rotatable bonds is 3. The number of nitrogens with two attached hydrogens (primary N) is 1. The van der Waals surface area contributed by atoms with E-state index in [1.807, 2.05) is 0 Å². The quantitative estimate of drug-likeness (QED) is 0.909. The van der Waals surface area contributed by atoms with E-state index < -0.39 is 0 Å². The minimum Gasteiger partial charge on any atom is -0.376 e. The predicted octanol–water partition coefficient (Wildman–Crippen LogP) is 2.44. The molecule has 0 radical (unpaired) electrons. The zero-order chi connectivity index (χ0) is 13.2. The molecule has 1 fully saturated rings. The molecule has 0 amide bonds. The molecule has 19 heavy (non-hydrogen) atoms. The van der Waals surface area contributed by atoms with Crippen LogP contribution in [0.3, 0.4) is 0 Å². The Morgan fingerprint density at radius 1 is 1.26 bits per heavy atom. The molecule has 3 heteroatoms. The van der Waals surface area contributed by atoms with Crippen LogP contribution in [0.15, 0.2) is 24.3 Å². The highest BCUT2D eigenvalue weighted by Crippen LogP contribution is 2.33. The first-order valence-electron chi connectivity index (χ1n) is 7.32. The zero-order valence-corrected chi connectivity index (χ0v) is 11.5. The highest BCUT2D eigenvalue weighted by atomic mass is 16.5. The first kappa shape index (κ1) is 13.1. The summed E-state index contributed by atoms with van der Waals surface area (Å²) in [6.07, 6.45) is 3.32. The van der Waals surface area contributed by atoms with E-state index in [-0.39, 0.29) is 18.2 Å². The molecule has 104 valence electrons. The van der Waals surface area contributed by atoms with Crippen LogP contribution in [0.5, 0.6) is 0 Å². The second-order valence-corrected chi connectivity index (χ2v) is 5.81. The van der Waals surface area contributed by atoms with Crippen molar-refractivity contribution in [3.63, 3.8) is 0 Å². The third-order valence-electron chi connectivity index (χ3n) is 4.44. The smallest absolute Gasteiger partial charge is 0.0843 e. The monoisotopic (exact) mass is 261 g/mol. The molecule has 3 rings (SSSR count). The number of hydrogen-bond acceptors (Lipinski definition) is 3. The van der Waals surface area contributed by atoms with Gasteiger partial charge in [-0.3, -0.25) is 0 Å². The van der Waals surface area contributed by atoms with E-state index in [0.717, 1.165) is 32.5 Å². The van der Waals surface area contributed by atoms with Gasteiger partial charge in [-0.2, -0.15) is 0 Å². The lowest BCUT2D eigenvalue weighted by atomic mass is 9.89. The summed E-state index contributed by atoms with van der Waals surface area (Å²) in [5.74, 6) is 0.564. The maximum absolute atomic E-state index is 6.35. The molecule has 0 aliphatic carbocycles. The fourth-order valence-corrected chi connectivity index (χ4v) is 3.32. The molecule has 0 saturated carbocycles. The van der Waals surface area contributed by atoms with E-state index in [0.29, 0.717) is 5.92 Å². The average Bonchev–Trinajstić information content (AvgIpc) is 2.85. The standard InChI is InChI=1S/C16H23NO2/c1-11-6-8-19-16(11)14(17)10-15-13-5-3-2-4-12(13)7-9-18-15/h2-5,11,14-16H,6-10,17H2,1H3. The van der Waals surface area contributed by atoms with Crippen LogP contribution in [0.4, 0.5) is 0 Å². The van der Waals surface area contributed by atoms with Gasteiger partial charge in [0.1, 0.15) is 0 Å². The molecule has 4 atom stereocenters. The number of hydrogen-bond donors (Lipinski definition) is 1. The highest BCUT2D eigenvalue weighted by molar-refractivity contribution is 5.31. The van der Waals surface area contributed by atoms with Crippen LogP contribution in [-0.4, -0.2) is 25.4 Å². The summed E-state index contributed by atoms with van der Waals surface area (Å²) in [7, 11) is 0. The Kier molecular flexibility index (Phi) is 3.87. The SMILES string of the molecule is CC1CCOC1C(N)CC1OCCc2ccccc21. The molecule has 0 spiro atoms. The normalized spacial score (nSPS) is 32.0. The summed E-state index contributed by atoms with van der Waals surface area (Å²) in [4.78, 5) is 0. The van der Waals surface area contributed by atoms with Crippen LogP contribution >= 0.6 is 0 Å². The largest absolute Gasteiger partial charge is 0.376 e. The van der Waals surface area contributed by atoms with Crippen molar-refractivity contribution >= 4 is 0 Å². The van der Waals surface area contributed by atoms with Crippen molar-refractivity contribution in [3.05, 3.63) is 35.4 Å². The average molecular weight is 261 g/mol. The third kappa shape index (κ3) is 2.69. The van der Waals surface area contributed by atoms with Gasteiger partial charge in [0, 0.05) is 12.6 Å². The molecule has 2 N–H and O–H groups in total. The Labute approximate surface area is 115 Å². The molecule has 1 aromatic rings. The minimum atomic E-state index is 0.0636. The summed E-state index contributed by atoms with van der Waals surface area (Å²) < 4.78 is 11.7. The molecule has 4 unspecified atom stereocenters. The first-order chi connectivity index (χ1) is 9.25. The highest BCUT2D eigenvalue weighted by Gasteiger charge is 2.33. The van der Waals surface area contributed by atoms with Gasteiger partial charge in [0.15, 0.2) is 0 Å². The lowest BCUT2D eigenvalue weighted by Crippen LogP contribution is -2.39. The Morgan fingerprint density at radius 3 is 2.89 bits per heavy atom. The third-order valence-corrected chi connectivity index (χ3v) is 4.44. The summed E-state index contributed by atoms with van der Waals surface area (Å²) in [5, 5.41) is 0. The molecule has 2 aliphatic heterocycles. The van der Waals surface area contributed by atoms with Crippen molar-refractivity contribution < 1.29 is 9.47 Å². The first-order valence-corrected chi connectivity index (χ1v) is 7.32. The lowest BCUT2D eigenvalue weighted by molar-refractivity contribution is 0.00701. The molecule has 1 saturated heterocycles. The van der Waals surface area contributed by atoms with E-state index in [1.165, 1.54) is 11.1 Å². The zero-order valence-electron chi connectivity index (χ0n) is 11.5. The second kappa shape index (κ2) is 5.61. The van der Waals surface area contributed by atoms with Gasteiger partial charge < -0.3 is 15.2 Å². The number of ether oxygens (including phenoxy) is 2. The van der Waals surface area contributed by atoms with E-state index in [2.05, 4.69) is 31.2 Å². The van der Waals surface area contributed by atoms with Crippen molar-refractivity contribution in [2.75, 3.05) is 13.2 Å². The molecular formula is C16H23NO2. The van der Waals surface area contributed by atoms with Crippen LogP contribution in [0.1, 0.15) is 37.0 Å². The van der Waals surface area contributed by atoms with Gasteiger partial charge in [-0.1, -0.05) is 31.2 Å². The Bertz CT molecular complexity index is 435. The van der Waals surface area contributed by atoms with Gasteiger partial charge in [-0.25, -0.2) is 0 Å². The van der Waals surface area contributed by atoms with Crippen molar-refractivity contribution in [1.29, 1.82) is 0 Å². The van der Waals surface area contributed by atoms with Crippen molar-refractivity contribution in [1.82, 2.24) is 0 Å². The topological polar surface area (TPSA) is 44.5 Å². The fraction of sp³-hybridized carbons (Fsp3) is 0.625. The van der Waals surface area contributed by atoms with E-state index in [9.17, 15) is 0 Å². The van der Waals surface area contributed by atoms with Gasteiger partial charge in [-0.15, -0.1) is 0 Å². The van der Waals surface area contributed by atoms with E-state index >= 15 is 0 Å². The van der Waals surface area contributed by atoms with Crippen LogP contribution in [0, 0.1) is 5.92 Å². The van der Waals surface area contributed by atoms with Crippen LogP contribution in [0.2, 0.25) is 0 Å². The summed E-state index contributed by atoms with van der Waals surface area (Å²) in [6.45, 7) is 3.88. The lowest BCUT2D eigenvalue weighted by Gasteiger charge is -2.30. The molecular weight excluding hydrogens is 238 g/mol. The van der Waals surface area contributed by atoms with E-state index in [4.69, 9.17) is 15.2 Å². The van der Waals surface area contributed by atoms with Crippen LogP contribution in [-0.2, 0) is 15.9 Å². The van der Waals surface area contributed by atoms with E-state index in [1.54, 1.807) is 0 Å². The van der Waals surface area contributed by atoms with Gasteiger partial charge >= 0.3 is 0 Å². The van der Waals surface area contributed by atoms with Gasteiger partial charge in [0.2, 0.25) is 0 Å². The maximum atomic E-state index is 6.35. The second-order valence-electron chi connectivity index (χ2n) is 5.81. The molecule has 1 aromatic carbocycles. The Hall–Kier alpha value is -0.900. The van der Waals surface area contributed by atoms with Gasteiger partial charge in [-0.05, 0) is 36.3 Å². The minimum absolute atomic E-state index is 0.0636. The van der Waals surface area contributed by atoms with Crippen LogP contribution < -0.4 is 5.73 Å². The van der Waals surface area contributed by atoms with Crippen molar-refractivity contribution in [3.8, 4) is 0 Å². The Balaban J connectivity index is 1.70. The molecule has 0 aromatic heterocycles. The van der Waals surface area contributed by atoms with Crippen molar-refractivity contribution in [2.45, 2.75) is 44.4 Å². The summed E-state index contributed by atoms with van der Waals surface area (Å²) in [6, 6.07) is 8.62. The number of benzene rings is 1. The van der Waals surface area contributed by atoms with Crippen molar-refractivity contribution in [2.24, 2.45) is 11.7 Å². The number of fused-ring (bicyclic) bond motifs is 1. The van der Waals surface area contributed by atoms with Gasteiger partial charge in [0.25, 0.3) is 0 Å². The molecule has 3 nitrogen and oxygen atoms in total. The molecule has 2 heterocycles. The molecule has 0 bridgehead atoms. The van der Waals surface area contributed by atoms with Gasteiger partial charge in [0.05, 0.1) is 18.8 Å².